The third-order valence-corrected chi connectivity index (χ3v) is 2.64. The van der Waals surface area contributed by atoms with Gasteiger partial charge in [-0.1, -0.05) is 0 Å². The number of benzene rings is 1. The van der Waals surface area contributed by atoms with Crippen molar-refractivity contribution in [2.45, 2.75) is 6.92 Å². The van der Waals surface area contributed by atoms with Gasteiger partial charge in [-0.2, -0.15) is 0 Å². The molecule has 0 spiro atoms. The molecule has 6 heteroatoms. The van der Waals surface area contributed by atoms with E-state index in [4.69, 9.17) is 4.74 Å². The summed E-state index contributed by atoms with van der Waals surface area (Å²) in [5.41, 5.74) is 0.282. The standard InChI is InChI=1S/C13H17NO5/c1-4-14(8-12(16)19-3)13(17)9-5-6-11(18-2)10(15)7-9/h5-7,15H,4,8H2,1-3H3. The van der Waals surface area contributed by atoms with Crippen molar-refractivity contribution in [1.82, 2.24) is 4.90 Å². The number of hydrogen-bond donors (Lipinski definition) is 1. The Morgan fingerprint density at radius 2 is 2.00 bits per heavy atom. The Labute approximate surface area is 111 Å². The Balaban J connectivity index is 2.91. The van der Waals surface area contributed by atoms with Crippen LogP contribution in [0.15, 0.2) is 18.2 Å². The average molecular weight is 267 g/mol. The van der Waals surface area contributed by atoms with Crippen molar-refractivity contribution in [3.63, 3.8) is 0 Å². The van der Waals surface area contributed by atoms with Gasteiger partial charge in [0.05, 0.1) is 14.2 Å². The summed E-state index contributed by atoms with van der Waals surface area (Å²) in [4.78, 5) is 24.7. The lowest BCUT2D eigenvalue weighted by Crippen LogP contribution is -2.36. The van der Waals surface area contributed by atoms with Crippen LogP contribution in [0.3, 0.4) is 0 Å². The van der Waals surface area contributed by atoms with Crippen LogP contribution in [0.1, 0.15) is 17.3 Å². The first-order valence-corrected chi connectivity index (χ1v) is 5.76. The molecule has 0 heterocycles. The summed E-state index contributed by atoms with van der Waals surface area (Å²) in [6, 6.07) is 4.33. The highest BCUT2D eigenvalue weighted by molar-refractivity contribution is 5.96. The molecule has 1 amide bonds. The number of aromatic hydroxyl groups is 1. The monoisotopic (exact) mass is 267 g/mol. The van der Waals surface area contributed by atoms with E-state index in [-0.39, 0.29) is 29.5 Å². The SMILES string of the molecule is CCN(CC(=O)OC)C(=O)c1ccc(OC)c(O)c1. The van der Waals surface area contributed by atoms with Crippen molar-refractivity contribution in [1.29, 1.82) is 0 Å². The number of hydrogen-bond acceptors (Lipinski definition) is 5. The van der Waals surface area contributed by atoms with E-state index in [1.807, 2.05) is 0 Å². The molecule has 104 valence electrons. The highest BCUT2D eigenvalue weighted by Crippen LogP contribution is 2.26. The summed E-state index contributed by atoms with van der Waals surface area (Å²) in [6.07, 6.45) is 0. The largest absolute Gasteiger partial charge is 0.504 e. The van der Waals surface area contributed by atoms with Crippen LogP contribution in [0.2, 0.25) is 0 Å². The van der Waals surface area contributed by atoms with E-state index in [0.717, 1.165) is 0 Å². The Morgan fingerprint density at radius 3 is 2.47 bits per heavy atom. The van der Waals surface area contributed by atoms with E-state index in [0.29, 0.717) is 6.54 Å². The van der Waals surface area contributed by atoms with Gasteiger partial charge >= 0.3 is 5.97 Å². The third-order valence-electron chi connectivity index (χ3n) is 2.64. The average Bonchev–Trinajstić information content (AvgIpc) is 2.43. The maximum atomic E-state index is 12.1. The van der Waals surface area contributed by atoms with Gasteiger partial charge in [-0.05, 0) is 25.1 Å². The normalized spacial score (nSPS) is 9.84. The number of esters is 1. The summed E-state index contributed by atoms with van der Waals surface area (Å²) >= 11 is 0. The molecule has 0 fully saturated rings. The number of rotatable bonds is 5. The highest BCUT2D eigenvalue weighted by Gasteiger charge is 2.18. The molecule has 0 bridgehead atoms. The van der Waals surface area contributed by atoms with E-state index in [1.54, 1.807) is 6.92 Å². The van der Waals surface area contributed by atoms with Crippen LogP contribution in [0.4, 0.5) is 0 Å². The zero-order valence-electron chi connectivity index (χ0n) is 11.2. The smallest absolute Gasteiger partial charge is 0.325 e. The zero-order valence-corrected chi connectivity index (χ0v) is 11.2. The molecule has 0 saturated carbocycles. The summed E-state index contributed by atoms with van der Waals surface area (Å²) in [5.74, 6) is -0.686. The number of phenolic OH excluding ortho intramolecular Hbond substituents is 1. The van der Waals surface area contributed by atoms with E-state index in [9.17, 15) is 14.7 Å². The van der Waals surface area contributed by atoms with Gasteiger partial charge in [0.2, 0.25) is 0 Å². The number of amides is 1. The van der Waals surface area contributed by atoms with Crippen molar-refractivity contribution < 1.29 is 24.2 Å². The molecule has 0 saturated heterocycles. The lowest BCUT2D eigenvalue weighted by atomic mass is 10.1. The molecular weight excluding hydrogens is 250 g/mol. The summed E-state index contributed by atoms with van der Waals surface area (Å²) < 4.78 is 9.43. The molecule has 0 radical (unpaired) electrons. The summed E-state index contributed by atoms with van der Waals surface area (Å²) in [6.45, 7) is 1.99. The Morgan fingerprint density at radius 1 is 1.32 bits per heavy atom. The van der Waals surface area contributed by atoms with E-state index >= 15 is 0 Å². The maximum absolute atomic E-state index is 12.1. The first-order valence-electron chi connectivity index (χ1n) is 5.76. The van der Waals surface area contributed by atoms with Crippen LogP contribution in [0.5, 0.6) is 11.5 Å². The summed E-state index contributed by atoms with van der Waals surface area (Å²) in [5, 5.41) is 9.64. The quantitative estimate of drug-likeness (QED) is 0.806. The Kier molecular flexibility index (Phi) is 5.17. The predicted molar refractivity (Wildman–Crippen MR) is 68.3 cm³/mol. The minimum Gasteiger partial charge on any atom is -0.504 e. The minimum absolute atomic E-state index is 0.123. The first kappa shape index (κ1) is 14.8. The maximum Gasteiger partial charge on any atom is 0.325 e. The molecule has 0 unspecified atom stereocenters. The molecule has 0 aliphatic carbocycles. The lowest BCUT2D eigenvalue weighted by molar-refractivity contribution is -0.141. The number of carbonyl (C=O) groups is 2. The van der Waals surface area contributed by atoms with Crippen LogP contribution in [-0.2, 0) is 9.53 Å². The zero-order chi connectivity index (χ0) is 14.4. The molecular formula is C13H17NO5. The van der Waals surface area contributed by atoms with Crippen molar-refractivity contribution in [3.8, 4) is 11.5 Å². The molecule has 0 aliphatic rings. The van der Waals surface area contributed by atoms with Gasteiger partial charge < -0.3 is 19.5 Å². The van der Waals surface area contributed by atoms with Crippen LogP contribution >= 0.6 is 0 Å². The number of methoxy groups -OCH3 is 2. The Bertz CT molecular complexity index is 472. The molecule has 0 aromatic heterocycles. The van der Waals surface area contributed by atoms with Crippen molar-refractivity contribution in [3.05, 3.63) is 23.8 Å². The molecule has 1 N–H and O–H groups in total. The second kappa shape index (κ2) is 6.63. The van der Waals surface area contributed by atoms with E-state index in [1.165, 1.54) is 37.3 Å². The second-order valence-corrected chi connectivity index (χ2v) is 3.78. The fourth-order valence-electron chi connectivity index (χ4n) is 1.55. The van der Waals surface area contributed by atoms with E-state index in [2.05, 4.69) is 4.74 Å². The van der Waals surface area contributed by atoms with Gasteiger partial charge in [0, 0.05) is 12.1 Å². The Hall–Kier alpha value is -2.24. The van der Waals surface area contributed by atoms with Gasteiger partial charge in [-0.3, -0.25) is 9.59 Å². The van der Waals surface area contributed by atoms with Crippen LogP contribution < -0.4 is 4.74 Å². The molecule has 1 aromatic carbocycles. The third kappa shape index (κ3) is 3.61. The molecule has 1 rings (SSSR count). The number of phenols is 1. The first-order chi connectivity index (χ1) is 9.03. The molecule has 19 heavy (non-hydrogen) atoms. The van der Waals surface area contributed by atoms with E-state index < -0.39 is 5.97 Å². The van der Waals surface area contributed by atoms with Gasteiger partial charge in [0.15, 0.2) is 11.5 Å². The number of nitrogens with zero attached hydrogens (tertiary/aromatic N) is 1. The van der Waals surface area contributed by atoms with Crippen molar-refractivity contribution in [2.24, 2.45) is 0 Å². The highest BCUT2D eigenvalue weighted by atomic mass is 16.5. The van der Waals surface area contributed by atoms with Gasteiger partial charge in [-0.25, -0.2) is 0 Å². The number of ether oxygens (including phenoxy) is 2. The predicted octanol–water partition coefficient (Wildman–Crippen LogP) is 1.04. The van der Waals surface area contributed by atoms with Crippen LogP contribution in [0, 0.1) is 0 Å². The van der Waals surface area contributed by atoms with Crippen molar-refractivity contribution >= 4 is 11.9 Å². The van der Waals surface area contributed by atoms with Gasteiger partial charge in [-0.15, -0.1) is 0 Å². The van der Waals surface area contributed by atoms with Gasteiger partial charge in [0.1, 0.15) is 6.54 Å². The molecule has 0 aliphatic heterocycles. The minimum atomic E-state index is -0.493. The van der Waals surface area contributed by atoms with Crippen LogP contribution in [-0.4, -0.2) is 49.2 Å². The summed E-state index contributed by atoms with van der Waals surface area (Å²) in [7, 11) is 2.69. The number of likely N-dealkylation sites (N-methyl/N-ethyl adjacent to an activating group) is 1. The van der Waals surface area contributed by atoms with Crippen molar-refractivity contribution in [2.75, 3.05) is 27.3 Å². The second-order valence-electron chi connectivity index (χ2n) is 3.78. The fraction of sp³-hybridized carbons (Fsp3) is 0.385. The van der Waals surface area contributed by atoms with Crippen LogP contribution in [0.25, 0.3) is 0 Å². The number of carbonyl (C=O) groups excluding carboxylic acids is 2. The lowest BCUT2D eigenvalue weighted by Gasteiger charge is -2.19. The topological polar surface area (TPSA) is 76.1 Å². The molecule has 1 aromatic rings. The molecule has 0 atom stereocenters. The molecule has 6 nitrogen and oxygen atoms in total. The fourth-order valence-corrected chi connectivity index (χ4v) is 1.55. The van der Waals surface area contributed by atoms with Gasteiger partial charge in [0.25, 0.3) is 5.91 Å².